The number of anilines is 1. The molecule has 1 unspecified atom stereocenters. The third kappa shape index (κ3) is 3.99. The maximum Gasteiger partial charge on any atom is 0.227 e. The van der Waals surface area contributed by atoms with Crippen LogP contribution in [0.15, 0.2) is 18.2 Å². The number of carbonyl (C=O) groups excluding carboxylic acids is 2. The zero-order valence-corrected chi connectivity index (χ0v) is 13.9. The van der Waals surface area contributed by atoms with Gasteiger partial charge in [0, 0.05) is 25.2 Å². The number of amides is 2. The molecular formula is C16H24ClN3O2. The minimum atomic E-state index is -0.268. The van der Waals surface area contributed by atoms with E-state index in [0.717, 1.165) is 23.2 Å². The molecule has 1 atom stereocenters. The number of hydrogen-bond acceptors (Lipinski definition) is 3. The molecule has 22 heavy (non-hydrogen) atoms. The number of halogens is 1. The molecule has 2 rings (SSSR count). The van der Waals surface area contributed by atoms with Crippen molar-refractivity contribution in [2.75, 3.05) is 24.5 Å². The molecule has 0 aromatic heterocycles. The topological polar surface area (TPSA) is 75.4 Å². The summed E-state index contributed by atoms with van der Waals surface area (Å²) in [5.41, 5.74) is 8.56. The molecule has 1 aliphatic heterocycles. The molecule has 0 aliphatic carbocycles. The molecule has 5 nitrogen and oxygen atoms in total. The molecule has 1 saturated heterocycles. The zero-order valence-electron chi connectivity index (χ0n) is 13.1. The Morgan fingerprint density at radius 2 is 2.14 bits per heavy atom. The molecule has 0 saturated carbocycles. The predicted octanol–water partition coefficient (Wildman–Crippen LogP) is 1.54. The highest BCUT2D eigenvalue weighted by Gasteiger charge is 2.35. The summed E-state index contributed by atoms with van der Waals surface area (Å²) >= 11 is 0. The van der Waals surface area contributed by atoms with Crippen LogP contribution >= 0.6 is 12.4 Å². The first-order valence-electron chi connectivity index (χ1n) is 7.39. The van der Waals surface area contributed by atoms with Gasteiger partial charge in [0.2, 0.25) is 11.8 Å². The molecule has 1 aromatic carbocycles. The van der Waals surface area contributed by atoms with E-state index in [1.54, 1.807) is 4.90 Å². The highest BCUT2D eigenvalue weighted by Crippen LogP contribution is 2.29. The number of benzene rings is 1. The van der Waals surface area contributed by atoms with Crippen molar-refractivity contribution in [2.45, 2.75) is 26.7 Å². The lowest BCUT2D eigenvalue weighted by atomic mass is 10.1. The summed E-state index contributed by atoms with van der Waals surface area (Å²) < 4.78 is 0. The largest absolute Gasteiger partial charge is 0.356 e. The first-order valence-corrected chi connectivity index (χ1v) is 7.39. The normalized spacial score (nSPS) is 17.3. The Morgan fingerprint density at radius 1 is 1.41 bits per heavy atom. The Kier molecular flexibility index (Phi) is 6.84. The van der Waals surface area contributed by atoms with Gasteiger partial charge in [-0.25, -0.2) is 0 Å². The fraction of sp³-hybridized carbons (Fsp3) is 0.500. The molecule has 1 fully saturated rings. The monoisotopic (exact) mass is 325 g/mol. The minimum absolute atomic E-state index is 0. The van der Waals surface area contributed by atoms with Crippen LogP contribution in [0.25, 0.3) is 0 Å². The number of aryl methyl sites for hydroxylation is 1. The summed E-state index contributed by atoms with van der Waals surface area (Å²) in [6.45, 7) is 5.61. The highest BCUT2D eigenvalue weighted by molar-refractivity contribution is 6.00. The molecule has 0 bridgehead atoms. The van der Waals surface area contributed by atoms with E-state index < -0.39 is 0 Å². The van der Waals surface area contributed by atoms with Gasteiger partial charge in [-0.05, 0) is 44.0 Å². The molecule has 1 heterocycles. The van der Waals surface area contributed by atoms with Crippen LogP contribution in [0.3, 0.4) is 0 Å². The van der Waals surface area contributed by atoms with Gasteiger partial charge in [-0.3, -0.25) is 9.59 Å². The van der Waals surface area contributed by atoms with Crippen molar-refractivity contribution in [3.8, 4) is 0 Å². The first kappa shape index (κ1) is 18.5. The fourth-order valence-corrected chi connectivity index (χ4v) is 2.60. The van der Waals surface area contributed by atoms with Crippen molar-refractivity contribution in [3.63, 3.8) is 0 Å². The number of nitrogens with zero attached hydrogens (tertiary/aromatic N) is 1. The molecule has 0 radical (unpaired) electrons. The van der Waals surface area contributed by atoms with Gasteiger partial charge in [0.25, 0.3) is 0 Å². The minimum Gasteiger partial charge on any atom is -0.356 e. The van der Waals surface area contributed by atoms with E-state index in [-0.39, 0.29) is 36.6 Å². The third-order valence-electron chi connectivity index (χ3n) is 4.04. The van der Waals surface area contributed by atoms with Crippen LogP contribution < -0.4 is 16.0 Å². The van der Waals surface area contributed by atoms with E-state index in [2.05, 4.69) is 5.32 Å². The number of rotatable bonds is 5. The second-order valence-corrected chi connectivity index (χ2v) is 5.56. The number of nitrogens with two attached hydrogens (primary N) is 1. The average Bonchev–Trinajstić information content (AvgIpc) is 2.84. The van der Waals surface area contributed by atoms with E-state index in [4.69, 9.17) is 5.73 Å². The van der Waals surface area contributed by atoms with Gasteiger partial charge in [-0.2, -0.15) is 0 Å². The van der Waals surface area contributed by atoms with Crippen LogP contribution in [0, 0.1) is 19.8 Å². The second-order valence-electron chi connectivity index (χ2n) is 5.56. The van der Waals surface area contributed by atoms with Crippen molar-refractivity contribution >= 4 is 29.9 Å². The van der Waals surface area contributed by atoms with Gasteiger partial charge in [-0.15, -0.1) is 12.4 Å². The standard InChI is InChI=1S/C16H23N3O2.ClH/c1-11-5-3-6-14(12(11)2)19-10-13(9-15(19)20)16(21)18-8-4-7-17;/h3,5-6,13H,4,7-10,17H2,1-2H3,(H,18,21);1H. The number of hydrogen-bond donors (Lipinski definition) is 2. The fourth-order valence-electron chi connectivity index (χ4n) is 2.60. The van der Waals surface area contributed by atoms with Gasteiger partial charge in [0.15, 0.2) is 0 Å². The molecule has 122 valence electrons. The second kappa shape index (κ2) is 8.15. The molecule has 6 heteroatoms. The molecule has 1 aromatic rings. The summed E-state index contributed by atoms with van der Waals surface area (Å²) in [7, 11) is 0. The first-order chi connectivity index (χ1) is 10.0. The van der Waals surface area contributed by atoms with Crippen LogP contribution in [0.1, 0.15) is 24.0 Å². The third-order valence-corrected chi connectivity index (χ3v) is 4.04. The van der Waals surface area contributed by atoms with Crippen LogP contribution in [-0.2, 0) is 9.59 Å². The van der Waals surface area contributed by atoms with Crippen molar-refractivity contribution in [2.24, 2.45) is 11.7 Å². The maximum atomic E-state index is 12.2. The molecule has 0 spiro atoms. The molecule has 2 amide bonds. The summed E-state index contributed by atoms with van der Waals surface area (Å²) in [6, 6.07) is 5.91. The number of nitrogens with one attached hydrogen (secondary N) is 1. The Bertz CT molecular complexity index is 548. The smallest absolute Gasteiger partial charge is 0.227 e. The lowest BCUT2D eigenvalue weighted by Crippen LogP contribution is -2.34. The van der Waals surface area contributed by atoms with E-state index in [1.165, 1.54) is 0 Å². The Balaban J connectivity index is 0.00000242. The van der Waals surface area contributed by atoms with E-state index in [9.17, 15) is 9.59 Å². The average molecular weight is 326 g/mol. The van der Waals surface area contributed by atoms with Crippen molar-refractivity contribution in [1.82, 2.24) is 5.32 Å². The lowest BCUT2D eigenvalue weighted by Gasteiger charge is -2.20. The molecular weight excluding hydrogens is 302 g/mol. The van der Waals surface area contributed by atoms with Gasteiger partial charge < -0.3 is 16.0 Å². The van der Waals surface area contributed by atoms with Crippen LogP contribution in [0.4, 0.5) is 5.69 Å². The quantitative estimate of drug-likeness (QED) is 0.806. The zero-order chi connectivity index (χ0) is 15.4. The van der Waals surface area contributed by atoms with Gasteiger partial charge in [0.05, 0.1) is 5.92 Å². The van der Waals surface area contributed by atoms with Crippen LogP contribution in [0.5, 0.6) is 0 Å². The van der Waals surface area contributed by atoms with E-state index in [1.807, 2.05) is 32.0 Å². The van der Waals surface area contributed by atoms with E-state index >= 15 is 0 Å². The SMILES string of the molecule is Cc1cccc(N2CC(C(=O)NCCCN)CC2=O)c1C.Cl. The van der Waals surface area contributed by atoms with Crippen molar-refractivity contribution in [1.29, 1.82) is 0 Å². The summed E-state index contributed by atoms with van der Waals surface area (Å²) in [6.07, 6.45) is 1.04. The highest BCUT2D eigenvalue weighted by atomic mass is 35.5. The Morgan fingerprint density at radius 3 is 2.82 bits per heavy atom. The van der Waals surface area contributed by atoms with Gasteiger partial charge in [0.1, 0.15) is 0 Å². The van der Waals surface area contributed by atoms with Crippen molar-refractivity contribution < 1.29 is 9.59 Å². The van der Waals surface area contributed by atoms with Gasteiger partial charge in [-0.1, -0.05) is 12.1 Å². The van der Waals surface area contributed by atoms with Crippen molar-refractivity contribution in [3.05, 3.63) is 29.3 Å². The molecule has 3 N–H and O–H groups in total. The maximum absolute atomic E-state index is 12.2. The van der Waals surface area contributed by atoms with Crippen LogP contribution in [-0.4, -0.2) is 31.4 Å². The Hall–Kier alpha value is -1.59. The lowest BCUT2D eigenvalue weighted by molar-refractivity contribution is -0.126. The number of carbonyl (C=O) groups is 2. The Labute approximate surface area is 137 Å². The summed E-state index contributed by atoms with van der Waals surface area (Å²) in [5, 5.41) is 2.85. The van der Waals surface area contributed by atoms with Crippen LogP contribution in [0.2, 0.25) is 0 Å². The molecule has 1 aliphatic rings. The summed E-state index contributed by atoms with van der Waals surface area (Å²) in [5.74, 6) is -0.303. The predicted molar refractivity (Wildman–Crippen MR) is 90.3 cm³/mol. The summed E-state index contributed by atoms with van der Waals surface area (Å²) in [4.78, 5) is 26.0. The van der Waals surface area contributed by atoms with Gasteiger partial charge >= 0.3 is 0 Å². The van der Waals surface area contributed by atoms with E-state index in [0.29, 0.717) is 19.6 Å².